The Kier molecular flexibility index (Phi) is 5.97. The molecule has 0 spiro atoms. The van der Waals surface area contributed by atoms with E-state index >= 15 is 0 Å². The molecule has 4 heteroatoms. The Morgan fingerprint density at radius 1 is 1.41 bits per heavy atom. The third kappa shape index (κ3) is 4.08. The van der Waals surface area contributed by atoms with Crippen molar-refractivity contribution < 1.29 is 4.79 Å². The molecule has 118 valence electrons. The molecule has 0 aliphatic carbocycles. The Morgan fingerprint density at radius 2 is 2.14 bits per heavy atom. The Labute approximate surface area is 133 Å². The van der Waals surface area contributed by atoms with Gasteiger partial charge in [0.05, 0.1) is 6.07 Å². The minimum Gasteiger partial charge on any atom is -0.312 e. The number of carbonyl (C=O) groups excluding carboxylic acids is 1. The largest absolute Gasteiger partial charge is 0.312 e. The van der Waals surface area contributed by atoms with Crippen LogP contribution in [-0.2, 0) is 4.79 Å². The molecule has 1 heterocycles. The van der Waals surface area contributed by atoms with Crippen molar-refractivity contribution in [1.29, 1.82) is 5.26 Å². The predicted molar refractivity (Wildman–Crippen MR) is 88.6 cm³/mol. The standard InChI is InChI=1S/C18H25N3O/c1-3-21(17-7-4-6-15(2)14-17)18(22)16-8-12-20(13-9-16)11-5-10-19/h4,6-7,14,16H,3,5,8-9,11-13H2,1-2H3. The van der Waals surface area contributed by atoms with Gasteiger partial charge in [0.15, 0.2) is 0 Å². The molecule has 0 unspecified atom stereocenters. The molecule has 1 saturated heterocycles. The lowest BCUT2D eigenvalue weighted by molar-refractivity contribution is -0.123. The third-order valence-electron chi connectivity index (χ3n) is 4.37. The van der Waals surface area contributed by atoms with E-state index in [9.17, 15) is 4.79 Å². The van der Waals surface area contributed by atoms with Crippen molar-refractivity contribution in [2.24, 2.45) is 5.92 Å². The molecule has 1 aromatic carbocycles. The number of piperidine rings is 1. The second kappa shape index (κ2) is 7.95. The van der Waals surface area contributed by atoms with E-state index in [1.54, 1.807) is 0 Å². The fourth-order valence-electron chi connectivity index (χ4n) is 3.09. The summed E-state index contributed by atoms with van der Waals surface area (Å²) >= 11 is 0. The van der Waals surface area contributed by atoms with Crippen molar-refractivity contribution in [2.45, 2.75) is 33.1 Å². The van der Waals surface area contributed by atoms with E-state index in [1.807, 2.05) is 24.0 Å². The minimum absolute atomic E-state index is 0.110. The van der Waals surface area contributed by atoms with E-state index in [0.29, 0.717) is 13.0 Å². The summed E-state index contributed by atoms with van der Waals surface area (Å²) < 4.78 is 0. The summed E-state index contributed by atoms with van der Waals surface area (Å²) in [6, 6.07) is 10.3. The highest BCUT2D eigenvalue weighted by atomic mass is 16.2. The minimum atomic E-state index is 0.110. The highest BCUT2D eigenvalue weighted by Crippen LogP contribution is 2.24. The SMILES string of the molecule is CCN(C(=O)C1CCN(CCC#N)CC1)c1cccc(C)c1. The van der Waals surface area contributed by atoms with Crippen molar-refractivity contribution in [3.63, 3.8) is 0 Å². The summed E-state index contributed by atoms with van der Waals surface area (Å²) in [7, 11) is 0. The van der Waals surface area contributed by atoms with E-state index in [2.05, 4.69) is 30.0 Å². The summed E-state index contributed by atoms with van der Waals surface area (Å²) in [6.45, 7) is 7.45. The molecule has 0 aromatic heterocycles. The van der Waals surface area contributed by atoms with E-state index in [0.717, 1.165) is 38.2 Å². The molecule has 1 aliphatic heterocycles. The van der Waals surface area contributed by atoms with Crippen molar-refractivity contribution in [3.8, 4) is 6.07 Å². The number of nitrogens with zero attached hydrogens (tertiary/aromatic N) is 3. The fraction of sp³-hybridized carbons (Fsp3) is 0.556. The lowest BCUT2D eigenvalue weighted by Crippen LogP contribution is -2.42. The van der Waals surface area contributed by atoms with E-state index < -0.39 is 0 Å². The highest BCUT2D eigenvalue weighted by molar-refractivity contribution is 5.95. The second-order valence-corrected chi connectivity index (χ2v) is 5.95. The third-order valence-corrected chi connectivity index (χ3v) is 4.37. The quantitative estimate of drug-likeness (QED) is 0.840. The molecule has 2 rings (SSSR count). The van der Waals surface area contributed by atoms with E-state index in [4.69, 9.17) is 5.26 Å². The summed E-state index contributed by atoms with van der Waals surface area (Å²) in [5.74, 6) is 0.354. The molecule has 1 fully saturated rings. The van der Waals surface area contributed by atoms with Crippen LogP contribution in [0.1, 0.15) is 31.7 Å². The number of amides is 1. The van der Waals surface area contributed by atoms with Gasteiger partial charge in [0.1, 0.15) is 0 Å². The molecule has 1 aliphatic rings. The lowest BCUT2D eigenvalue weighted by atomic mass is 9.94. The molecule has 0 bridgehead atoms. The van der Waals surface area contributed by atoms with E-state index in [-0.39, 0.29) is 11.8 Å². The number of anilines is 1. The Morgan fingerprint density at radius 3 is 2.73 bits per heavy atom. The van der Waals surface area contributed by atoms with Crippen LogP contribution in [-0.4, -0.2) is 37.0 Å². The van der Waals surface area contributed by atoms with Crippen LogP contribution in [0.15, 0.2) is 24.3 Å². The van der Waals surface area contributed by atoms with Crippen molar-refractivity contribution in [3.05, 3.63) is 29.8 Å². The van der Waals surface area contributed by atoms with Gasteiger partial charge < -0.3 is 9.80 Å². The zero-order chi connectivity index (χ0) is 15.9. The first kappa shape index (κ1) is 16.5. The van der Waals surface area contributed by atoms with Gasteiger partial charge >= 0.3 is 0 Å². The molecule has 0 radical (unpaired) electrons. The normalized spacial score (nSPS) is 16.2. The monoisotopic (exact) mass is 299 g/mol. The Bertz CT molecular complexity index is 542. The Balaban J connectivity index is 1.97. The van der Waals surface area contributed by atoms with Gasteiger partial charge in [-0.25, -0.2) is 0 Å². The average molecular weight is 299 g/mol. The first-order valence-corrected chi connectivity index (χ1v) is 8.13. The maximum Gasteiger partial charge on any atom is 0.230 e. The number of carbonyl (C=O) groups is 1. The number of hydrogen-bond acceptors (Lipinski definition) is 3. The average Bonchev–Trinajstić information content (AvgIpc) is 2.54. The molecular weight excluding hydrogens is 274 g/mol. The van der Waals surface area contributed by atoms with Crippen LogP contribution in [0.4, 0.5) is 5.69 Å². The number of rotatable bonds is 5. The molecule has 1 aromatic rings. The molecule has 0 atom stereocenters. The van der Waals surface area contributed by atoms with Crippen LogP contribution in [0.25, 0.3) is 0 Å². The smallest absolute Gasteiger partial charge is 0.230 e. The first-order valence-electron chi connectivity index (χ1n) is 8.13. The van der Waals surface area contributed by atoms with Crippen molar-refractivity contribution in [1.82, 2.24) is 4.90 Å². The summed E-state index contributed by atoms with van der Waals surface area (Å²) in [6.07, 6.45) is 2.36. The molecule has 0 saturated carbocycles. The maximum atomic E-state index is 12.8. The zero-order valence-corrected chi connectivity index (χ0v) is 13.6. The van der Waals surface area contributed by atoms with Crippen LogP contribution in [0.3, 0.4) is 0 Å². The number of nitriles is 1. The zero-order valence-electron chi connectivity index (χ0n) is 13.6. The predicted octanol–water partition coefficient (Wildman–Crippen LogP) is 2.97. The van der Waals surface area contributed by atoms with Gasteiger partial charge in [-0.15, -0.1) is 0 Å². The van der Waals surface area contributed by atoms with Gasteiger partial charge in [0.2, 0.25) is 5.91 Å². The molecular formula is C18H25N3O. The Hall–Kier alpha value is -1.86. The summed E-state index contributed by atoms with van der Waals surface area (Å²) in [5.41, 5.74) is 2.18. The lowest BCUT2D eigenvalue weighted by Gasteiger charge is -2.33. The highest BCUT2D eigenvalue weighted by Gasteiger charge is 2.28. The fourth-order valence-corrected chi connectivity index (χ4v) is 3.09. The van der Waals surface area contributed by atoms with E-state index in [1.165, 1.54) is 5.56 Å². The van der Waals surface area contributed by atoms with Crippen molar-refractivity contribution in [2.75, 3.05) is 31.1 Å². The maximum absolute atomic E-state index is 12.8. The topological polar surface area (TPSA) is 47.3 Å². The van der Waals surface area contributed by atoms with Gasteiger partial charge in [0.25, 0.3) is 0 Å². The van der Waals surface area contributed by atoms with Crippen LogP contribution in [0.2, 0.25) is 0 Å². The number of benzene rings is 1. The number of aryl methyl sites for hydroxylation is 1. The van der Waals surface area contributed by atoms with Crippen LogP contribution >= 0.6 is 0 Å². The summed E-state index contributed by atoms with van der Waals surface area (Å²) in [5, 5.41) is 8.65. The van der Waals surface area contributed by atoms with Crippen LogP contribution < -0.4 is 4.90 Å². The first-order chi connectivity index (χ1) is 10.7. The van der Waals surface area contributed by atoms with Crippen molar-refractivity contribution >= 4 is 11.6 Å². The molecule has 0 N–H and O–H groups in total. The van der Waals surface area contributed by atoms with Gasteiger partial charge in [0, 0.05) is 31.1 Å². The van der Waals surface area contributed by atoms with Gasteiger partial charge in [-0.05, 0) is 57.5 Å². The van der Waals surface area contributed by atoms with Gasteiger partial charge in [-0.3, -0.25) is 4.79 Å². The van der Waals surface area contributed by atoms with Crippen LogP contribution in [0.5, 0.6) is 0 Å². The number of hydrogen-bond donors (Lipinski definition) is 0. The second-order valence-electron chi connectivity index (χ2n) is 5.95. The number of likely N-dealkylation sites (tertiary alicyclic amines) is 1. The molecule has 4 nitrogen and oxygen atoms in total. The molecule has 22 heavy (non-hydrogen) atoms. The molecule has 1 amide bonds. The van der Waals surface area contributed by atoms with Gasteiger partial charge in [-0.1, -0.05) is 12.1 Å². The summed E-state index contributed by atoms with van der Waals surface area (Å²) in [4.78, 5) is 17.0. The van der Waals surface area contributed by atoms with Gasteiger partial charge in [-0.2, -0.15) is 5.26 Å². The van der Waals surface area contributed by atoms with Crippen LogP contribution in [0, 0.1) is 24.2 Å².